The van der Waals surface area contributed by atoms with Crippen LogP contribution in [0.15, 0.2) is 4.52 Å². The lowest BCUT2D eigenvalue weighted by molar-refractivity contribution is 0.0708. The maximum absolute atomic E-state index is 5.48. The van der Waals surface area contributed by atoms with E-state index in [0.717, 1.165) is 37.6 Å². The second-order valence-corrected chi connectivity index (χ2v) is 5.49. The first-order valence-corrected chi connectivity index (χ1v) is 7.08. The molecule has 3 unspecified atom stereocenters. The summed E-state index contributed by atoms with van der Waals surface area (Å²) < 4.78 is 10.7. The molecule has 1 aromatic heterocycles. The lowest BCUT2D eigenvalue weighted by Gasteiger charge is -2.28. The molecule has 1 fully saturated rings. The van der Waals surface area contributed by atoms with Crippen molar-refractivity contribution in [2.45, 2.75) is 52.2 Å². The van der Waals surface area contributed by atoms with E-state index < -0.39 is 0 Å². The fourth-order valence-corrected chi connectivity index (χ4v) is 2.88. The molecule has 0 saturated carbocycles. The minimum atomic E-state index is 0.255. The second-order valence-electron chi connectivity index (χ2n) is 5.49. The van der Waals surface area contributed by atoms with Crippen LogP contribution in [0.5, 0.6) is 0 Å². The predicted molar refractivity (Wildman–Crippen MR) is 74.2 cm³/mol. The van der Waals surface area contributed by atoms with Gasteiger partial charge >= 0.3 is 0 Å². The van der Waals surface area contributed by atoms with Gasteiger partial charge in [-0.3, -0.25) is 0 Å². The van der Waals surface area contributed by atoms with E-state index in [0.29, 0.717) is 12.1 Å². The summed E-state index contributed by atoms with van der Waals surface area (Å²) in [6.07, 6.45) is 1.06. The molecule has 2 heterocycles. The topological polar surface area (TPSA) is 59.3 Å². The van der Waals surface area contributed by atoms with E-state index in [9.17, 15) is 0 Å². The number of rotatable bonds is 5. The Morgan fingerprint density at radius 3 is 2.79 bits per heavy atom. The highest BCUT2D eigenvalue weighted by atomic mass is 16.5. The zero-order valence-corrected chi connectivity index (χ0v) is 12.3. The van der Waals surface area contributed by atoms with Crippen LogP contribution >= 0.6 is 0 Å². The van der Waals surface area contributed by atoms with Gasteiger partial charge in [0.2, 0.25) is 0 Å². The van der Waals surface area contributed by atoms with Gasteiger partial charge in [-0.1, -0.05) is 5.16 Å². The van der Waals surface area contributed by atoms with E-state index in [-0.39, 0.29) is 6.04 Å². The molecule has 19 heavy (non-hydrogen) atoms. The van der Waals surface area contributed by atoms with Gasteiger partial charge in [-0.2, -0.15) is 0 Å². The number of aromatic nitrogens is 1. The van der Waals surface area contributed by atoms with Gasteiger partial charge < -0.3 is 19.9 Å². The van der Waals surface area contributed by atoms with Crippen LogP contribution < -0.4 is 10.6 Å². The molecule has 1 saturated heterocycles. The minimum absolute atomic E-state index is 0.255. The number of morpholine rings is 1. The molecule has 0 aliphatic carbocycles. The summed E-state index contributed by atoms with van der Waals surface area (Å²) >= 11 is 0. The van der Waals surface area contributed by atoms with Crippen LogP contribution in [0.2, 0.25) is 0 Å². The number of hydrogen-bond donors (Lipinski definition) is 2. The summed E-state index contributed by atoms with van der Waals surface area (Å²) in [5.41, 5.74) is 2.16. The van der Waals surface area contributed by atoms with Crippen LogP contribution in [-0.4, -0.2) is 37.0 Å². The molecule has 5 heteroatoms. The van der Waals surface area contributed by atoms with Crippen molar-refractivity contribution in [3.05, 3.63) is 17.0 Å². The lowest BCUT2D eigenvalue weighted by Crippen LogP contribution is -2.45. The van der Waals surface area contributed by atoms with Crippen LogP contribution in [-0.2, 0) is 4.74 Å². The highest BCUT2D eigenvalue weighted by molar-refractivity contribution is 5.24. The Hall–Kier alpha value is -0.910. The van der Waals surface area contributed by atoms with E-state index in [2.05, 4.69) is 29.6 Å². The average Bonchev–Trinajstić information content (AvgIpc) is 2.70. The summed E-state index contributed by atoms with van der Waals surface area (Å²) in [5.74, 6) is 0.906. The molecule has 0 spiro atoms. The lowest BCUT2D eigenvalue weighted by atomic mass is 10.0. The van der Waals surface area contributed by atoms with E-state index >= 15 is 0 Å². The maximum atomic E-state index is 5.48. The van der Waals surface area contributed by atoms with Crippen molar-refractivity contribution in [1.29, 1.82) is 0 Å². The van der Waals surface area contributed by atoms with E-state index in [1.165, 1.54) is 5.56 Å². The molecule has 0 amide bonds. The highest BCUT2D eigenvalue weighted by Gasteiger charge is 2.20. The molecular weight excluding hydrogens is 242 g/mol. The third kappa shape index (κ3) is 3.78. The molecule has 1 aliphatic heterocycles. The fourth-order valence-electron chi connectivity index (χ4n) is 2.88. The van der Waals surface area contributed by atoms with E-state index in [1.54, 1.807) is 0 Å². The van der Waals surface area contributed by atoms with E-state index in [1.807, 2.05) is 13.8 Å². The number of ether oxygens (including phenoxy) is 1. The van der Waals surface area contributed by atoms with Gasteiger partial charge in [0.15, 0.2) is 0 Å². The van der Waals surface area contributed by atoms with Crippen molar-refractivity contribution in [3.8, 4) is 0 Å². The number of nitrogens with one attached hydrogen (secondary N) is 2. The van der Waals surface area contributed by atoms with Crippen molar-refractivity contribution >= 4 is 0 Å². The van der Waals surface area contributed by atoms with Crippen LogP contribution in [0, 0.1) is 13.8 Å². The molecule has 5 nitrogen and oxygen atoms in total. The van der Waals surface area contributed by atoms with Gasteiger partial charge in [0, 0.05) is 30.2 Å². The number of aryl methyl sites for hydroxylation is 2. The summed E-state index contributed by atoms with van der Waals surface area (Å²) in [6.45, 7) is 10.9. The Bertz CT molecular complexity index is 380. The molecule has 0 radical (unpaired) electrons. The first-order valence-electron chi connectivity index (χ1n) is 7.08. The molecule has 2 rings (SSSR count). The molecule has 1 aromatic rings. The van der Waals surface area contributed by atoms with Gasteiger partial charge in [0.25, 0.3) is 0 Å². The van der Waals surface area contributed by atoms with Crippen molar-refractivity contribution in [1.82, 2.24) is 15.8 Å². The number of nitrogens with zero attached hydrogens (tertiary/aromatic N) is 1. The SMILES string of the molecule is Cc1noc(C)c1C(C)NC(C)CC1COCCN1. The van der Waals surface area contributed by atoms with Crippen molar-refractivity contribution in [3.63, 3.8) is 0 Å². The van der Waals surface area contributed by atoms with Gasteiger partial charge in [0.05, 0.1) is 18.9 Å². The average molecular weight is 267 g/mol. The van der Waals surface area contributed by atoms with Crippen LogP contribution in [0.1, 0.15) is 43.3 Å². The Kier molecular flexibility index (Phi) is 4.96. The minimum Gasteiger partial charge on any atom is -0.379 e. The molecule has 3 atom stereocenters. The monoisotopic (exact) mass is 267 g/mol. The maximum Gasteiger partial charge on any atom is 0.138 e. The zero-order chi connectivity index (χ0) is 13.8. The smallest absolute Gasteiger partial charge is 0.138 e. The zero-order valence-electron chi connectivity index (χ0n) is 12.3. The quantitative estimate of drug-likeness (QED) is 0.850. The van der Waals surface area contributed by atoms with Crippen LogP contribution in [0.3, 0.4) is 0 Å². The Morgan fingerprint density at radius 2 is 2.21 bits per heavy atom. The fraction of sp³-hybridized carbons (Fsp3) is 0.786. The summed E-state index contributed by atoms with van der Waals surface area (Å²) in [7, 11) is 0. The molecule has 2 N–H and O–H groups in total. The van der Waals surface area contributed by atoms with Crippen molar-refractivity contribution in [2.75, 3.05) is 19.8 Å². The standard InChI is InChI=1S/C14H25N3O2/c1-9(7-13-8-18-6-5-15-13)16-10(2)14-11(3)17-19-12(14)4/h9-10,13,15-16H,5-8H2,1-4H3. The Morgan fingerprint density at radius 1 is 1.42 bits per heavy atom. The van der Waals surface area contributed by atoms with Crippen molar-refractivity contribution in [2.24, 2.45) is 0 Å². The van der Waals surface area contributed by atoms with Gasteiger partial charge in [-0.25, -0.2) is 0 Å². The van der Waals surface area contributed by atoms with Crippen LogP contribution in [0.4, 0.5) is 0 Å². The molecule has 108 valence electrons. The Labute approximate surface area is 115 Å². The molecular formula is C14H25N3O2. The predicted octanol–water partition coefficient (Wildman–Crippen LogP) is 1.71. The van der Waals surface area contributed by atoms with Crippen LogP contribution in [0.25, 0.3) is 0 Å². The summed E-state index contributed by atoms with van der Waals surface area (Å²) in [5, 5.41) is 11.1. The third-order valence-electron chi connectivity index (χ3n) is 3.69. The first-order chi connectivity index (χ1) is 9.08. The molecule has 0 aromatic carbocycles. The van der Waals surface area contributed by atoms with Crippen molar-refractivity contribution < 1.29 is 9.26 Å². The molecule has 0 bridgehead atoms. The normalized spacial score (nSPS) is 23.3. The molecule has 1 aliphatic rings. The second kappa shape index (κ2) is 6.50. The largest absolute Gasteiger partial charge is 0.379 e. The van der Waals surface area contributed by atoms with E-state index in [4.69, 9.17) is 9.26 Å². The highest BCUT2D eigenvalue weighted by Crippen LogP contribution is 2.21. The Balaban J connectivity index is 1.86. The summed E-state index contributed by atoms with van der Waals surface area (Å²) in [6, 6.07) is 1.13. The third-order valence-corrected chi connectivity index (χ3v) is 3.69. The summed E-state index contributed by atoms with van der Waals surface area (Å²) in [4.78, 5) is 0. The first kappa shape index (κ1) is 14.5. The van der Waals surface area contributed by atoms with Gasteiger partial charge in [-0.15, -0.1) is 0 Å². The van der Waals surface area contributed by atoms with Gasteiger partial charge in [0.1, 0.15) is 5.76 Å². The number of hydrogen-bond acceptors (Lipinski definition) is 5. The van der Waals surface area contributed by atoms with Gasteiger partial charge in [-0.05, 0) is 34.1 Å².